The molecule has 0 bridgehead atoms. The zero-order valence-corrected chi connectivity index (χ0v) is 12.5. The molecule has 1 saturated carbocycles. The van der Waals surface area contributed by atoms with Crippen molar-refractivity contribution in [3.63, 3.8) is 0 Å². The van der Waals surface area contributed by atoms with Gasteiger partial charge in [0.05, 0.1) is 0 Å². The number of hydrogen-bond donors (Lipinski definition) is 2. The summed E-state index contributed by atoms with van der Waals surface area (Å²) in [4.78, 5) is 12.6. The van der Waals surface area contributed by atoms with E-state index in [0.717, 1.165) is 25.9 Å². The van der Waals surface area contributed by atoms with E-state index in [9.17, 15) is 4.79 Å². The van der Waals surface area contributed by atoms with E-state index in [1.807, 2.05) is 0 Å². The number of hydrogen-bond acceptors (Lipinski definition) is 2. The van der Waals surface area contributed by atoms with Gasteiger partial charge in [0.15, 0.2) is 0 Å². The molecule has 3 heteroatoms. The van der Waals surface area contributed by atoms with Crippen LogP contribution in [0.4, 0.5) is 0 Å². The Morgan fingerprint density at radius 2 is 2.19 bits per heavy atom. The van der Waals surface area contributed by atoms with Gasteiger partial charge in [-0.1, -0.05) is 24.3 Å². The summed E-state index contributed by atoms with van der Waals surface area (Å²) in [5, 5.41) is 6.65. The van der Waals surface area contributed by atoms with Gasteiger partial charge in [-0.3, -0.25) is 4.79 Å². The first-order valence-corrected chi connectivity index (χ1v) is 8.39. The molecule has 2 N–H and O–H groups in total. The van der Waals surface area contributed by atoms with E-state index in [4.69, 9.17) is 0 Å². The van der Waals surface area contributed by atoms with Crippen LogP contribution in [0, 0.1) is 5.92 Å². The number of carbonyl (C=O) groups excluding carboxylic acids is 1. The van der Waals surface area contributed by atoms with Gasteiger partial charge in [-0.25, -0.2) is 0 Å². The second kappa shape index (κ2) is 5.13. The Bertz CT molecular complexity index is 550. The molecule has 2 unspecified atom stereocenters. The standard InChI is InChI=1S/C18H24N2O/c21-17(20-14-7-4-10-19-12-14)16-11-18(16)9-3-6-13-5-1-2-8-15(13)18/h1-2,5,8,14,16,19H,3-4,6-7,9-12H2,(H,20,21)/t14-,16?,18?/m0/s1. The Kier molecular flexibility index (Phi) is 3.26. The summed E-state index contributed by atoms with van der Waals surface area (Å²) >= 11 is 0. The van der Waals surface area contributed by atoms with Crippen molar-refractivity contribution in [1.82, 2.24) is 10.6 Å². The molecular weight excluding hydrogens is 260 g/mol. The van der Waals surface area contributed by atoms with Gasteiger partial charge < -0.3 is 10.6 Å². The Hall–Kier alpha value is -1.35. The molecule has 1 heterocycles. The summed E-state index contributed by atoms with van der Waals surface area (Å²) < 4.78 is 0. The lowest BCUT2D eigenvalue weighted by atomic mass is 9.78. The molecule has 2 aliphatic carbocycles. The number of amides is 1. The average molecular weight is 284 g/mol. The summed E-state index contributed by atoms with van der Waals surface area (Å²) in [6.45, 7) is 2.02. The maximum atomic E-state index is 12.6. The molecular formula is C18H24N2O. The average Bonchev–Trinajstić information content (AvgIpc) is 3.24. The molecule has 0 aromatic heterocycles. The predicted octanol–water partition coefficient (Wildman–Crippen LogP) is 2.15. The molecule has 4 rings (SSSR count). The van der Waals surface area contributed by atoms with Crippen LogP contribution < -0.4 is 10.6 Å². The molecule has 1 amide bonds. The van der Waals surface area contributed by atoms with Gasteiger partial charge in [0, 0.05) is 23.9 Å². The summed E-state index contributed by atoms with van der Waals surface area (Å²) in [5.41, 5.74) is 3.10. The number of piperidine rings is 1. The second-order valence-corrected chi connectivity index (χ2v) is 6.98. The van der Waals surface area contributed by atoms with Crippen molar-refractivity contribution < 1.29 is 4.79 Å². The van der Waals surface area contributed by atoms with E-state index in [0.29, 0.717) is 11.9 Å². The fraction of sp³-hybridized carbons (Fsp3) is 0.611. The van der Waals surface area contributed by atoms with Gasteiger partial charge in [-0.15, -0.1) is 0 Å². The van der Waals surface area contributed by atoms with E-state index in [2.05, 4.69) is 34.9 Å². The first-order valence-electron chi connectivity index (χ1n) is 8.39. The predicted molar refractivity (Wildman–Crippen MR) is 83.2 cm³/mol. The molecule has 1 spiro atoms. The van der Waals surface area contributed by atoms with Crippen molar-refractivity contribution >= 4 is 5.91 Å². The number of rotatable bonds is 2. The lowest BCUT2D eigenvalue weighted by Gasteiger charge is -2.28. The van der Waals surface area contributed by atoms with Crippen molar-refractivity contribution in [2.24, 2.45) is 5.92 Å². The summed E-state index contributed by atoms with van der Waals surface area (Å²) in [6, 6.07) is 9.09. The quantitative estimate of drug-likeness (QED) is 0.873. The van der Waals surface area contributed by atoms with Crippen molar-refractivity contribution in [1.29, 1.82) is 0 Å². The molecule has 3 nitrogen and oxygen atoms in total. The van der Waals surface area contributed by atoms with E-state index < -0.39 is 0 Å². The minimum Gasteiger partial charge on any atom is -0.352 e. The van der Waals surface area contributed by atoms with Gasteiger partial charge in [0.2, 0.25) is 5.91 Å². The van der Waals surface area contributed by atoms with Crippen LogP contribution in [0.25, 0.3) is 0 Å². The molecule has 3 aliphatic rings. The summed E-state index contributed by atoms with van der Waals surface area (Å²) in [7, 11) is 0. The third-order valence-corrected chi connectivity index (χ3v) is 5.66. The van der Waals surface area contributed by atoms with Crippen molar-refractivity contribution in [2.45, 2.75) is 50.0 Å². The van der Waals surface area contributed by atoms with Crippen LogP contribution >= 0.6 is 0 Å². The molecule has 21 heavy (non-hydrogen) atoms. The van der Waals surface area contributed by atoms with Crippen LogP contribution in [0.1, 0.15) is 43.2 Å². The lowest BCUT2D eigenvalue weighted by molar-refractivity contribution is -0.123. The highest BCUT2D eigenvalue weighted by atomic mass is 16.2. The van der Waals surface area contributed by atoms with Gasteiger partial charge in [-0.2, -0.15) is 0 Å². The van der Waals surface area contributed by atoms with Crippen LogP contribution in [0.2, 0.25) is 0 Å². The monoisotopic (exact) mass is 284 g/mol. The largest absolute Gasteiger partial charge is 0.352 e. The Labute approximate surface area is 126 Å². The normalized spacial score (nSPS) is 34.3. The zero-order chi connectivity index (χ0) is 14.3. The highest BCUT2D eigenvalue weighted by Gasteiger charge is 2.60. The summed E-state index contributed by atoms with van der Waals surface area (Å²) in [5.74, 6) is 0.501. The summed E-state index contributed by atoms with van der Waals surface area (Å²) in [6.07, 6.45) is 6.93. The Morgan fingerprint density at radius 3 is 3.05 bits per heavy atom. The maximum absolute atomic E-state index is 12.6. The molecule has 3 atom stereocenters. The molecule has 1 aliphatic heterocycles. The molecule has 2 fully saturated rings. The lowest BCUT2D eigenvalue weighted by Crippen LogP contribution is -2.46. The smallest absolute Gasteiger partial charge is 0.224 e. The van der Waals surface area contributed by atoms with Crippen LogP contribution in [0.15, 0.2) is 24.3 Å². The van der Waals surface area contributed by atoms with Crippen molar-refractivity contribution in [3.8, 4) is 0 Å². The highest BCUT2D eigenvalue weighted by Crippen LogP contribution is 2.60. The second-order valence-electron chi connectivity index (χ2n) is 6.98. The molecule has 1 aromatic rings. The van der Waals surface area contributed by atoms with Gasteiger partial charge in [-0.05, 0) is 56.2 Å². The fourth-order valence-corrected chi connectivity index (χ4v) is 4.45. The van der Waals surface area contributed by atoms with Crippen LogP contribution in [-0.4, -0.2) is 25.0 Å². The number of nitrogens with one attached hydrogen (secondary N) is 2. The number of benzene rings is 1. The third kappa shape index (κ3) is 2.28. The van der Waals surface area contributed by atoms with E-state index in [1.165, 1.54) is 36.8 Å². The van der Waals surface area contributed by atoms with Gasteiger partial charge in [0.25, 0.3) is 0 Å². The van der Waals surface area contributed by atoms with Crippen molar-refractivity contribution in [2.75, 3.05) is 13.1 Å². The van der Waals surface area contributed by atoms with Crippen LogP contribution in [0.5, 0.6) is 0 Å². The van der Waals surface area contributed by atoms with Crippen LogP contribution in [-0.2, 0) is 16.6 Å². The Morgan fingerprint density at radius 1 is 1.29 bits per heavy atom. The fourth-order valence-electron chi connectivity index (χ4n) is 4.45. The topological polar surface area (TPSA) is 41.1 Å². The minimum atomic E-state index is 0.168. The number of fused-ring (bicyclic) bond motifs is 2. The minimum absolute atomic E-state index is 0.168. The van der Waals surface area contributed by atoms with Crippen LogP contribution in [0.3, 0.4) is 0 Å². The van der Waals surface area contributed by atoms with Crippen molar-refractivity contribution in [3.05, 3.63) is 35.4 Å². The molecule has 0 radical (unpaired) electrons. The molecule has 1 aromatic carbocycles. The van der Waals surface area contributed by atoms with E-state index >= 15 is 0 Å². The first-order chi connectivity index (χ1) is 10.3. The zero-order valence-electron chi connectivity index (χ0n) is 12.5. The van der Waals surface area contributed by atoms with Gasteiger partial charge in [0.1, 0.15) is 0 Å². The third-order valence-electron chi connectivity index (χ3n) is 5.66. The molecule has 1 saturated heterocycles. The highest BCUT2D eigenvalue weighted by molar-refractivity contribution is 5.85. The first kappa shape index (κ1) is 13.3. The van der Waals surface area contributed by atoms with Gasteiger partial charge >= 0.3 is 0 Å². The SMILES string of the molecule is O=C(N[C@H]1CCCNC1)C1CC12CCCc1ccccc12. The maximum Gasteiger partial charge on any atom is 0.224 e. The number of aryl methyl sites for hydroxylation is 1. The molecule has 112 valence electrons. The van der Waals surface area contributed by atoms with E-state index in [-0.39, 0.29) is 11.3 Å². The number of carbonyl (C=O) groups is 1. The van der Waals surface area contributed by atoms with E-state index in [1.54, 1.807) is 0 Å². The Balaban J connectivity index is 1.48.